The molecule has 0 nitrogen and oxygen atoms in total. The molecule has 0 saturated heterocycles. The molecule has 0 aliphatic rings. The van der Waals surface area contributed by atoms with Crippen molar-refractivity contribution in [3.05, 3.63) is 46.7 Å². The first-order valence-corrected chi connectivity index (χ1v) is 4.48. The van der Waals surface area contributed by atoms with E-state index < -0.39 is 0 Å². The van der Waals surface area contributed by atoms with Crippen LogP contribution in [0, 0.1) is 5.11 Å². The molecule has 0 saturated carbocycles. The monoisotopic (exact) mass is 174 g/mol. The summed E-state index contributed by atoms with van der Waals surface area (Å²) in [4.78, 5) is 0. The van der Waals surface area contributed by atoms with E-state index in [0.29, 0.717) is 0 Å². The van der Waals surface area contributed by atoms with Crippen molar-refractivity contribution in [1.29, 1.82) is 0 Å². The van der Waals surface area contributed by atoms with Crippen LogP contribution in [0.3, 0.4) is 0 Å². The zero-order valence-corrected chi connectivity index (χ0v) is 7.77. The molecule has 0 aliphatic carbocycles. The molecule has 2 aromatic carbocycles. The number of hydrogen-bond acceptors (Lipinski definition) is 0. The van der Waals surface area contributed by atoms with Crippen LogP contribution in [0.5, 0.6) is 0 Å². The summed E-state index contributed by atoms with van der Waals surface area (Å²) in [5.74, 6) is 1.50. The SMILES string of the molecule is [B]=C/C=c1/cc2ccccc2cc1=[B]. The standard InChI is InChI=1S/C12H8B2/c13-6-5-11-7-9-3-1-2-4-10(9)8-12(11)14/h1-8H/b11-5-. The van der Waals surface area contributed by atoms with Gasteiger partial charge in [-0.3, -0.25) is 0 Å². The third-order valence-electron chi connectivity index (χ3n) is 2.23. The Kier molecular flexibility index (Phi) is 2.45. The van der Waals surface area contributed by atoms with Crippen molar-refractivity contribution in [3.8, 4) is 0 Å². The average molecular weight is 174 g/mol. The number of fused-ring (bicyclic) bond motifs is 1. The second-order valence-electron chi connectivity index (χ2n) is 3.19. The Bertz CT molecular complexity index is 585. The molecule has 0 amide bonds. The van der Waals surface area contributed by atoms with E-state index in [1.54, 1.807) is 0 Å². The van der Waals surface area contributed by atoms with Crippen LogP contribution < -0.4 is 5.22 Å². The fraction of sp³-hybridized carbons (Fsp3) is 0. The third-order valence-corrected chi connectivity index (χ3v) is 2.23. The van der Waals surface area contributed by atoms with E-state index >= 15 is 0 Å². The second kappa shape index (κ2) is 3.75. The molecule has 0 bridgehead atoms. The Morgan fingerprint density at radius 3 is 2.29 bits per heavy atom. The van der Waals surface area contributed by atoms with Crippen molar-refractivity contribution < 1.29 is 0 Å². The van der Waals surface area contributed by atoms with Gasteiger partial charge in [0.1, 0.15) is 0 Å². The normalized spacial score (nSPS) is 11.7. The summed E-state index contributed by atoms with van der Waals surface area (Å²) in [7, 11) is 11.2. The van der Waals surface area contributed by atoms with Gasteiger partial charge in [0.15, 0.2) is 0 Å². The molecule has 62 valence electrons. The molecule has 0 fully saturated rings. The summed E-state index contributed by atoms with van der Waals surface area (Å²) in [6.45, 7) is 0. The first kappa shape index (κ1) is 9.14. The summed E-state index contributed by atoms with van der Waals surface area (Å²) in [6, 6.07) is 12.1. The van der Waals surface area contributed by atoms with Gasteiger partial charge in [-0.05, 0) is 0 Å². The molecular formula is C12H8B2. The molecule has 0 unspecified atom stereocenters. The third kappa shape index (κ3) is 1.60. The molecule has 0 aromatic heterocycles. The zero-order valence-electron chi connectivity index (χ0n) is 7.77. The van der Waals surface area contributed by atoms with Gasteiger partial charge in [0.25, 0.3) is 0 Å². The zero-order chi connectivity index (χ0) is 9.97. The van der Waals surface area contributed by atoms with Gasteiger partial charge in [0, 0.05) is 0 Å². The number of benzene rings is 2. The molecule has 0 aliphatic heterocycles. The van der Waals surface area contributed by atoms with Gasteiger partial charge in [-0.2, -0.15) is 0 Å². The molecule has 2 rings (SSSR count). The first-order valence-electron chi connectivity index (χ1n) is 4.48. The summed E-state index contributed by atoms with van der Waals surface area (Å²) >= 11 is 0. The molecule has 14 heavy (non-hydrogen) atoms. The quantitative estimate of drug-likeness (QED) is 0.565. The van der Waals surface area contributed by atoms with Gasteiger partial charge >= 0.3 is 84.5 Å². The Morgan fingerprint density at radius 1 is 1.00 bits per heavy atom. The Balaban J connectivity index is 2.91. The average Bonchev–Trinajstić information content (AvgIpc) is 2.19. The predicted octanol–water partition coefficient (Wildman–Crippen LogP) is 1.01. The Labute approximate surface area is 85.0 Å². The van der Waals surface area contributed by atoms with Gasteiger partial charge in [0.2, 0.25) is 0 Å². The fourth-order valence-electron chi connectivity index (χ4n) is 1.52. The first-order chi connectivity index (χ1) is 6.81. The molecular weight excluding hydrogens is 166 g/mol. The molecule has 0 atom stereocenters. The van der Waals surface area contributed by atoms with E-state index in [4.69, 9.17) is 15.0 Å². The molecule has 2 aromatic rings. The minimum absolute atomic E-state index is 0.755. The second-order valence-corrected chi connectivity index (χ2v) is 3.19. The fourth-order valence-corrected chi connectivity index (χ4v) is 1.52. The molecule has 0 N–H and O–H groups in total. The van der Waals surface area contributed by atoms with Crippen LogP contribution in [0.15, 0.2) is 36.4 Å². The van der Waals surface area contributed by atoms with Crippen LogP contribution in [-0.2, 0) is 0 Å². The molecule has 2 heteroatoms. The summed E-state index contributed by atoms with van der Waals surface area (Å²) in [5.41, 5.74) is 0. The summed E-state index contributed by atoms with van der Waals surface area (Å²) in [6.07, 6.45) is 1.81. The molecule has 0 spiro atoms. The van der Waals surface area contributed by atoms with Gasteiger partial charge < -0.3 is 0 Å². The summed E-state index contributed by atoms with van der Waals surface area (Å²) in [5, 5.41) is 4.05. The van der Waals surface area contributed by atoms with E-state index in [0.717, 1.165) is 15.7 Å². The van der Waals surface area contributed by atoms with E-state index in [-0.39, 0.29) is 0 Å². The van der Waals surface area contributed by atoms with Crippen LogP contribution in [-0.4, -0.2) is 20.9 Å². The van der Waals surface area contributed by atoms with E-state index in [1.165, 1.54) is 11.4 Å². The van der Waals surface area contributed by atoms with Gasteiger partial charge in [-0.25, -0.2) is 0 Å². The van der Waals surface area contributed by atoms with Crippen LogP contribution in [0.4, 0.5) is 0 Å². The van der Waals surface area contributed by atoms with Gasteiger partial charge in [0.05, 0.1) is 0 Å². The maximum absolute atomic E-state index is 5.87. The van der Waals surface area contributed by atoms with Crippen molar-refractivity contribution in [2.24, 2.45) is 0 Å². The van der Waals surface area contributed by atoms with Crippen molar-refractivity contribution in [2.75, 3.05) is 0 Å². The Morgan fingerprint density at radius 2 is 1.64 bits per heavy atom. The molecule has 2 radical (unpaired) electrons. The van der Waals surface area contributed by atoms with Crippen LogP contribution >= 0.6 is 0 Å². The number of hydrogen-bond donors (Lipinski definition) is 0. The van der Waals surface area contributed by atoms with Crippen molar-refractivity contribution >= 4 is 37.8 Å². The van der Waals surface area contributed by atoms with Crippen molar-refractivity contribution in [3.63, 3.8) is 0 Å². The molecule has 0 heterocycles. The predicted molar refractivity (Wildman–Crippen MR) is 64.4 cm³/mol. The maximum atomic E-state index is 5.87. The van der Waals surface area contributed by atoms with Crippen molar-refractivity contribution in [2.45, 2.75) is 0 Å². The van der Waals surface area contributed by atoms with Crippen LogP contribution in [0.2, 0.25) is 0 Å². The van der Waals surface area contributed by atoms with E-state index in [9.17, 15) is 0 Å². The Hall–Kier alpha value is -1.43. The van der Waals surface area contributed by atoms with Crippen molar-refractivity contribution in [1.82, 2.24) is 0 Å². The number of rotatable bonds is 1. The van der Waals surface area contributed by atoms with Gasteiger partial charge in [-0.15, -0.1) is 0 Å². The topological polar surface area (TPSA) is 0 Å². The van der Waals surface area contributed by atoms with Crippen LogP contribution in [0.25, 0.3) is 16.8 Å². The van der Waals surface area contributed by atoms with E-state index in [2.05, 4.69) is 6.07 Å². The van der Waals surface area contributed by atoms with Gasteiger partial charge in [-0.1, -0.05) is 0 Å². The van der Waals surface area contributed by atoms with E-state index in [1.807, 2.05) is 36.4 Å². The summed E-state index contributed by atoms with van der Waals surface area (Å²) < 4.78 is 0. The van der Waals surface area contributed by atoms with Crippen LogP contribution in [0.1, 0.15) is 0 Å². The minimum atomic E-state index is 0.755.